The van der Waals surface area contributed by atoms with E-state index in [1.54, 1.807) is 29.9 Å². The molecule has 2 aromatic rings. The number of carbonyl (C=O) groups excluding carboxylic acids is 1. The van der Waals surface area contributed by atoms with E-state index in [1.165, 1.54) is 12.8 Å². The van der Waals surface area contributed by atoms with Crippen LogP contribution in [0.2, 0.25) is 0 Å². The van der Waals surface area contributed by atoms with Crippen LogP contribution in [0.1, 0.15) is 34.8 Å². The van der Waals surface area contributed by atoms with Crippen LogP contribution in [0.15, 0.2) is 30.5 Å². The van der Waals surface area contributed by atoms with E-state index in [4.69, 9.17) is 5.73 Å². The Bertz CT molecular complexity index is 628. The minimum absolute atomic E-state index is 0.140. The Morgan fingerprint density at radius 1 is 1.42 bits per heavy atom. The normalized spacial score (nSPS) is 14.4. The Morgan fingerprint density at radius 3 is 2.89 bits per heavy atom. The Labute approximate surface area is 111 Å². The summed E-state index contributed by atoms with van der Waals surface area (Å²) in [7, 11) is 1.61. The molecule has 0 spiro atoms. The molecule has 1 amide bonds. The average Bonchev–Trinajstić information content (AvgIpc) is 3.15. The lowest BCUT2D eigenvalue weighted by molar-refractivity contribution is 0.0963. The fraction of sp³-hybridized carbons (Fsp3) is 0.286. The second kappa shape index (κ2) is 4.42. The van der Waals surface area contributed by atoms with Gasteiger partial charge in [0.25, 0.3) is 5.91 Å². The molecule has 0 saturated heterocycles. The van der Waals surface area contributed by atoms with Crippen LogP contribution in [-0.4, -0.2) is 22.7 Å². The quantitative estimate of drug-likeness (QED) is 0.821. The van der Waals surface area contributed by atoms with Crippen molar-refractivity contribution in [2.24, 2.45) is 0 Å². The fourth-order valence-electron chi connectivity index (χ4n) is 2.13. The Balaban J connectivity index is 2.05. The molecular weight excluding hydrogens is 240 g/mol. The van der Waals surface area contributed by atoms with Crippen molar-refractivity contribution in [3.8, 4) is 5.69 Å². The Hall–Kier alpha value is -2.30. The average molecular weight is 256 g/mol. The maximum absolute atomic E-state index is 11.9. The SMILES string of the molecule is CNC(=O)c1ccc(N)cc1-n1ccc(C2CC2)n1. The van der Waals surface area contributed by atoms with Gasteiger partial charge in [-0.05, 0) is 37.1 Å². The molecule has 0 unspecified atom stereocenters. The number of amides is 1. The van der Waals surface area contributed by atoms with Gasteiger partial charge in [0.2, 0.25) is 0 Å². The van der Waals surface area contributed by atoms with E-state index in [0.29, 0.717) is 22.9 Å². The third-order valence-corrected chi connectivity index (χ3v) is 3.35. The molecule has 1 saturated carbocycles. The highest BCUT2D eigenvalue weighted by Crippen LogP contribution is 2.39. The van der Waals surface area contributed by atoms with Gasteiger partial charge in [-0.1, -0.05) is 0 Å². The zero-order valence-corrected chi connectivity index (χ0v) is 10.8. The van der Waals surface area contributed by atoms with E-state index < -0.39 is 0 Å². The number of nitrogen functional groups attached to an aromatic ring is 1. The fourth-order valence-corrected chi connectivity index (χ4v) is 2.13. The second-order valence-corrected chi connectivity index (χ2v) is 4.82. The van der Waals surface area contributed by atoms with Gasteiger partial charge in [-0.2, -0.15) is 5.10 Å². The number of rotatable bonds is 3. The number of aromatic nitrogens is 2. The van der Waals surface area contributed by atoms with Crippen LogP contribution in [-0.2, 0) is 0 Å². The van der Waals surface area contributed by atoms with Crippen LogP contribution >= 0.6 is 0 Å². The number of carbonyl (C=O) groups is 1. The number of hydrogen-bond acceptors (Lipinski definition) is 3. The first-order valence-corrected chi connectivity index (χ1v) is 6.36. The Kier molecular flexibility index (Phi) is 2.74. The number of hydrogen-bond donors (Lipinski definition) is 2. The molecular formula is C14H16N4O. The zero-order valence-electron chi connectivity index (χ0n) is 10.8. The minimum atomic E-state index is -0.140. The van der Waals surface area contributed by atoms with Crippen molar-refractivity contribution in [2.45, 2.75) is 18.8 Å². The van der Waals surface area contributed by atoms with Gasteiger partial charge in [0.05, 0.1) is 16.9 Å². The number of anilines is 1. The van der Waals surface area contributed by atoms with E-state index in [-0.39, 0.29) is 5.91 Å². The van der Waals surface area contributed by atoms with Gasteiger partial charge in [-0.3, -0.25) is 4.79 Å². The summed E-state index contributed by atoms with van der Waals surface area (Å²) >= 11 is 0. The molecule has 1 aromatic heterocycles. The number of nitrogens with zero attached hydrogens (tertiary/aromatic N) is 2. The molecule has 1 aliphatic carbocycles. The lowest BCUT2D eigenvalue weighted by Crippen LogP contribution is -2.20. The summed E-state index contributed by atoms with van der Waals surface area (Å²) in [5, 5.41) is 7.17. The smallest absolute Gasteiger partial charge is 0.253 e. The molecule has 0 aliphatic heterocycles. The first-order chi connectivity index (χ1) is 9.19. The van der Waals surface area contributed by atoms with E-state index in [1.807, 2.05) is 12.3 Å². The predicted molar refractivity (Wildman–Crippen MR) is 73.3 cm³/mol. The van der Waals surface area contributed by atoms with E-state index >= 15 is 0 Å². The number of benzene rings is 1. The molecule has 5 nitrogen and oxygen atoms in total. The van der Waals surface area contributed by atoms with E-state index in [2.05, 4.69) is 10.4 Å². The lowest BCUT2D eigenvalue weighted by atomic mass is 10.1. The number of nitrogens with one attached hydrogen (secondary N) is 1. The van der Waals surface area contributed by atoms with Crippen molar-refractivity contribution in [1.82, 2.24) is 15.1 Å². The topological polar surface area (TPSA) is 72.9 Å². The maximum Gasteiger partial charge on any atom is 0.253 e. The molecule has 0 bridgehead atoms. The third-order valence-electron chi connectivity index (χ3n) is 3.35. The summed E-state index contributed by atoms with van der Waals surface area (Å²) < 4.78 is 1.73. The molecule has 98 valence electrons. The van der Waals surface area contributed by atoms with Crippen LogP contribution in [0.3, 0.4) is 0 Å². The molecule has 3 rings (SSSR count). The van der Waals surface area contributed by atoms with Gasteiger partial charge in [0, 0.05) is 24.8 Å². The molecule has 1 fully saturated rings. The van der Waals surface area contributed by atoms with Gasteiger partial charge in [0.1, 0.15) is 0 Å². The summed E-state index contributed by atoms with van der Waals surface area (Å²) in [5.41, 5.74) is 8.80. The van der Waals surface area contributed by atoms with Crippen molar-refractivity contribution in [1.29, 1.82) is 0 Å². The molecule has 0 atom stereocenters. The summed E-state index contributed by atoms with van der Waals surface area (Å²) in [6, 6.07) is 7.23. The van der Waals surface area contributed by atoms with Gasteiger partial charge in [0.15, 0.2) is 0 Å². The van der Waals surface area contributed by atoms with Crippen molar-refractivity contribution in [3.63, 3.8) is 0 Å². The van der Waals surface area contributed by atoms with Crippen LogP contribution in [0.4, 0.5) is 5.69 Å². The molecule has 1 heterocycles. The van der Waals surface area contributed by atoms with Gasteiger partial charge in [-0.25, -0.2) is 4.68 Å². The summed E-state index contributed by atoms with van der Waals surface area (Å²) in [6.45, 7) is 0. The van der Waals surface area contributed by atoms with Crippen LogP contribution in [0.25, 0.3) is 5.69 Å². The minimum Gasteiger partial charge on any atom is -0.399 e. The highest BCUT2D eigenvalue weighted by atomic mass is 16.1. The first-order valence-electron chi connectivity index (χ1n) is 6.36. The summed E-state index contributed by atoms with van der Waals surface area (Å²) in [5.74, 6) is 0.448. The largest absolute Gasteiger partial charge is 0.399 e. The van der Waals surface area contributed by atoms with Crippen molar-refractivity contribution < 1.29 is 4.79 Å². The van der Waals surface area contributed by atoms with Crippen molar-refractivity contribution >= 4 is 11.6 Å². The third kappa shape index (κ3) is 2.19. The van der Waals surface area contributed by atoms with Gasteiger partial charge < -0.3 is 11.1 Å². The van der Waals surface area contributed by atoms with E-state index in [9.17, 15) is 4.79 Å². The lowest BCUT2D eigenvalue weighted by Gasteiger charge is -2.09. The number of nitrogens with two attached hydrogens (primary N) is 1. The standard InChI is InChI=1S/C14H16N4O/c1-16-14(19)11-5-4-10(15)8-13(11)18-7-6-12(17-18)9-2-3-9/h4-9H,2-3,15H2,1H3,(H,16,19). The molecule has 3 N–H and O–H groups in total. The monoisotopic (exact) mass is 256 g/mol. The Morgan fingerprint density at radius 2 is 2.21 bits per heavy atom. The molecule has 0 radical (unpaired) electrons. The van der Waals surface area contributed by atoms with Crippen molar-refractivity contribution in [2.75, 3.05) is 12.8 Å². The maximum atomic E-state index is 11.9. The van der Waals surface area contributed by atoms with Crippen molar-refractivity contribution in [3.05, 3.63) is 41.7 Å². The van der Waals surface area contributed by atoms with Gasteiger partial charge in [-0.15, -0.1) is 0 Å². The summed E-state index contributed by atoms with van der Waals surface area (Å²) in [4.78, 5) is 11.9. The van der Waals surface area contributed by atoms with E-state index in [0.717, 1.165) is 5.69 Å². The predicted octanol–water partition coefficient (Wildman–Crippen LogP) is 1.69. The van der Waals surface area contributed by atoms with Crippen LogP contribution in [0, 0.1) is 0 Å². The molecule has 1 aliphatic rings. The highest BCUT2D eigenvalue weighted by Gasteiger charge is 2.26. The zero-order chi connectivity index (χ0) is 13.4. The second-order valence-electron chi connectivity index (χ2n) is 4.82. The van der Waals surface area contributed by atoms with Crippen LogP contribution < -0.4 is 11.1 Å². The summed E-state index contributed by atoms with van der Waals surface area (Å²) in [6.07, 6.45) is 4.29. The molecule has 5 heteroatoms. The first kappa shape index (κ1) is 11.8. The van der Waals surface area contributed by atoms with Gasteiger partial charge >= 0.3 is 0 Å². The highest BCUT2D eigenvalue weighted by molar-refractivity contribution is 5.98. The van der Waals surface area contributed by atoms with Crippen LogP contribution in [0.5, 0.6) is 0 Å². The molecule has 19 heavy (non-hydrogen) atoms. The molecule has 1 aromatic carbocycles.